The molecule has 6 heteroatoms. The lowest BCUT2D eigenvalue weighted by atomic mass is 9.46. The number of carbonyl (C=O) groups excluding carboxylic acids is 2. The van der Waals surface area contributed by atoms with Crippen molar-refractivity contribution in [3.8, 4) is 0 Å². The molecule has 14 unspecified atom stereocenters. The molecule has 6 fully saturated rings. The van der Waals surface area contributed by atoms with Crippen LogP contribution < -0.4 is 0 Å². The minimum Gasteiger partial charge on any atom is -0.393 e. The predicted octanol–water partition coefficient (Wildman–Crippen LogP) is 6.61. The average molecular weight is 647 g/mol. The van der Waals surface area contributed by atoms with E-state index >= 15 is 0 Å². The Hall–Kier alpha value is -1.66. The molecule has 260 valence electrons. The highest BCUT2D eigenvalue weighted by molar-refractivity contribution is 5.89. The maximum atomic E-state index is 14.1. The van der Waals surface area contributed by atoms with E-state index in [-0.39, 0.29) is 51.6 Å². The third-order valence-electron chi connectivity index (χ3n) is 17.5. The van der Waals surface area contributed by atoms with Crippen LogP contribution in [-0.4, -0.2) is 70.7 Å². The first-order valence-electron chi connectivity index (χ1n) is 19.5. The van der Waals surface area contributed by atoms with Crippen LogP contribution in [-0.2, 0) is 9.59 Å². The summed E-state index contributed by atoms with van der Waals surface area (Å²) in [4.78, 5) is 30.9. The maximum absolute atomic E-state index is 14.1. The number of carbonyl (C=O) groups is 2. The van der Waals surface area contributed by atoms with Crippen molar-refractivity contribution in [3.63, 3.8) is 0 Å². The molecule has 6 saturated carbocycles. The van der Waals surface area contributed by atoms with Crippen LogP contribution in [0.3, 0.4) is 0 Å². The first-order chi connectivity index (χ1) is 22.2. The van der Waals surface area contributed by atoms with Gasteiger partial charge >= 0.3 is 0 Å². The molecule has 2 amide bonds. The smallest absolute Gasteiger partial charge is 0.246 e. The van der Waals surface area contributed by atoms with Crippen LogP contribution >= 0.6 is 0 Å². The fourth-order valence-electron chi connectivity index (χ4n) is 14.5. The van der Waals surface area contributed by atoms with E-state index in [1.54, 1.807) is 0 Å². The van der Waals surface area contributed by atoms with Gasteiger partial charge < -0.3 is 20.0 Å². The molecule has 0 spiro atoms. The van der Waals surface area contributed by atoms with Crippen molar-refractivity contribution in [3.05, 3.63) is 23.3 Å². The molecule has 14 atom stereocenters. The SMILES string of the molecule is CC1CC2C(CCC3(C)C(O)CCC23)C2(C)CCN(CC3CC4C5CCC6=CC(=O)N(C)CCC6(C)C5CCC4(C)C3O)C(=O)C=C12. The highest BCUT2D eigenvalue weighted by Gasteiger charge is 2.62. The number of likely N-dealkylation sites (N-methyl/N-ethyl adjacent to an activating group) is 1. The van der Waals surface area contributed by atoms with Gasteiger partial charge in [-0.05, 0) is 140 Å². The Balaban J connectivity index is 1.01. The molecule has 0 saturated heterocycles. The minimum absolute atomic E-state index is 0.0278. The zero-order valence-corrected chi connectivity index (χ0v) is 30.1. The van der Waals surface area contributed by atoms with E-state index in [1.807, 2.05) is 18.0 Å². The van der Waals surface area contributed by atoms with E-state index in [4.69, 9.17) is 0 Å². The summed E-state index contributed by atoms with van der Waals surface area (Å²) in [6, 6.07) is 0. The number of nitrogens with zero attached hydrogens (tertiary/aromatic N) is 2. The van der Waals surface area contributed by atoms with Gasteiger partial charge in [-0.3, -0.25) is 9.59 Å². The highest BCUT2D eigenvalue weighted by atomic mass is 16.3. The molecule has 0 bridgehead atoms. The molecule has 0 radical (unpaired) electrons. The van der Waals surface area contributed by atoms with Gasteiger partial charge in [0.15, 0.2) is 0 Å². The summed E-state index contributed by atoms with van der Waals surface area (Å²) < 4.78 is 0. The summed E-state index contributed by atoms with van der Waals surface area (Å²) in [5.74, 6) is 4.26. The zero-order chi connectivity index (χ0) is 33.3. The molecule has 6 nitrogen and oxygen atoms in total. The number of rotatable bonds is 2. The van der Waals surface area contributed by atoms with Crippen molar-refractivity contribution < 1.29 is 19.8 Å². The summed E-state index contributed by atoms with van der Waals surface area (Å²) in [6.45, 7) is 14.2. The molecule has 2 aliphatic heterocycles. The minimum atomic E-state index is -0.380. The van der Waals surface area contributed by atoms with Gasteiger partial charge in [0, 0.05) is 44.8 Å². The lowest BCUT2D eigenvalue weighted by Crippen LogP contribution is -2.52. The van der Waals surface area contributed by atoms with Gasteiger partial charge in [0.05, 0.1) is 12.2 Å². The Bertz CT molecular complexity index is 1390. The Morgan fingerprint density at radius 3 is 2.21 bits per heavy atom. The Kier molecular flexibility index (Phi) is 7.56. The van der Waals surface area contributed by atoms with E-state index < -0.39 is 0 Å². The van der Waals surface area contributed by atoms with E-state index in [0.29, 0.717) is 48.0 Å². The molecular weight excluding hydrogens is 584 g/mol. The van der Waals surface area contributed by atoms with E-state index in [9.17, 15) is 19.8 Å². The van der Waals surface area contributed by atoms with E-state index in [0.717, 1.165) is 90.1 Å². The van der Waals surface area contributed by atoms with Crippen molar-refractivity contribution in [2.24, 2.45) is 69.0 Å². The summed E-state index contributed by atoms with van der Waals surface area (Å²) in [5.41, 5.74) is 2.81. The summed E-state index contributed by atoms with van der Waals surface area (Å²) in [7, 11) is 1.94. The van der Waals surface area contributed by atoms with E-state index in [2.05, 4.69) is 45.6 Å². The standard InChI is InChI=1S/C41H62N2O4/c1-24-19-28-29-9-10-34(44)40(29,4)13-11-31(28)39(3)16-18-43(36(46)22-32(24)39)23-25-20-33-27-8-7-26-21-35(45)42(6)17-15-38(26,2)30(27)12-14-41(33,5)37(25)47/h21-22,24-25,27-31,33-34,37,44,47H,7-20,23H2,1-6H3. The fraction of sp³-hybridized carbons (Fsp3) is 0.854. The molecule has 47 heavy (non-hydrogen) atoms. The Morgan fingerprint density at radius 1 is 0.745 bits per heavy atom. The molecule has 6 aliphatic carbocycles. The summed E-state index contributed by atoms with van der Waals surface area (Å²) in [6.07, 6.45) is 16.3. The molecule has 0 aromatic carbocycles. The lowest BCUT2D eigenvalue weighted by molar-refractivity contribution is -0.127. The third kappa shape index (κ3) is 4.54. The van der Waals surface area contributed by atoms with Gasteiger partial charge in [-0.25, -0.2) is 0 Å². The van der Waals surface area contributed by atoms with Gasteiger partial charge in [0.2, 0.25) is 11.8 Å². The topological polar surface area (TPSA) is 81.1 Å². The monoisotopic (exact) mass is 646 g/mol. The maximum Gasteiger partial charge on any atom is 0.246 e. The van der Waals surface area contributed by atoms with Crippen molar-refractivity contribution in [2.45, 2.75) is 124 Å². The summed E-state index contributed by atoms with van der Waals surface area (Å²) >= 11 is 0. The number of hydrogen-bond donors (Lipinski definition) is 2. The van der Waals surface area contributed by atoms with E-state index in [1.165, 1.54) is 11.1 Å². The average Bonchev–Trinajstić information content (AvgIpc) is 3.38. The van der Waals surface area contributed by atoms with Crippen LogP contribution in [0.15, 0.2) is 23.3 Å². The first kappa shape index (κ1) is 32.5. The van der Waals surface area contributed by atoms with Crippen molar-refractivity contribution in [1.82, 2.24) is 9.80 Å². The molecule has 8 rings (SSSR count). The normalized spacial score (nSPS) is 52.6. The second-order valence-electron chi connectivity index (χ2n) is 19.2. The summed E-state index contributed by atoms with van der Waals surface area (Å²) in [5, 5.41) is 23.0. The van der Waals surface area contributed by atoms with Crippen molar-refractivity contribution in [1.29, 1.82) is 0 Å². The molecule has 2 N–H and O–H groups in total. The molecule has 0 aromatic rings. The van der Waals surface area contributed by atoms with Crippen LogP contribution in [0.4, 0.5) is 0 Å². The predicted molar refractivity (Wildman–Crippen MR) is 184 cm³/mol. The Morgan fingerprint density at radius 2 is 1.45 bits per heavy atom. The zero-order valence-electron chi connectivity index (χ0n) is 30.1. The number of fused-ring (bicyclic) bond motifs is 10. The van der Waals surface area contributed by atoms with Crippen LogP contribution in [0.5, 0.6) is 0 Å². The van der Waals surface area contributed by atoms with Gasteiger partial charge in [-0.2, -0.15) is 0 Å². The Labute approximate surface area is 283 Å². The second kappa shape index (κ2) is 10.9. The molecule has 0 aromatic heterocycles. The quantitative estimate of drug-likeness (QED) is 0.354. The van der Waals surface area contributed by atoms with Gasteiger partial charge in [-0.1, -0.05) is 45.8 Å². The molecular formula is C41H62N2O4. The molecule has 8 aliphatic rings. The number of allylic oxidation sites excluding steroid dienone is 2. The van der Waals surface area contributed by atoms with Gasteiger partial charge in [0.1, 0.15) is 0 Å². The van der Waals surface area contributed by atoms with Crippen molar-refractivity contribution >= 4 is 11.8 Å². The van der Waals surface area contributed by atoms with Crippen LogP contribution in [0.2, 0.25) is 0 Å². The third-order valence-corrected chi connectivity index (χ3v) is 17.5. The van der Waals surface area contributed by atoms with Crippen LogP contribution in [0.1, 0.15) is 112 Å². The fourth-order valence-corrected chi connectivity index (χ4v) is 14.5. The molecule has 2 heterocycles. The number of aliphatic hydroxyl groups is 2. The van der Waals surface area contributed by atoms with Gasteiger partial charge in [-0.15, -0.1) is 0 Å². The number of hydrogen-bond acceptors (Lipinski definition) is 4. The number of aliphatic hydroxyl groups excluding tert-OH is 2. The highest BCUT2D eigenvalue weighted by Crippen LogP contribution is 2.67. The number of amides is 2. The van der Waals surface area contributed by atoms with Crippen LogP contribution in [0, 0.1) is 69.0 Å². The van der Waals surface area contributed by atoms with Crippen molar-refractivity contribution in [2.75, 3.05) is 26.7 Å². The van der Waals surface area contributed by atoms with Crippen LogP contribution in [0.25, 0.3) is 0 Å². The lowest BCUT2D eigenvalue weighted by Gasteiger charge is -2.58. The van der Waals surface area contributed by atoms with Gasteiger partial charge in [0.25, 0.3) is 0 Å². The second-order valence-corrected chi connectivity index (χ2v) is 19.2. The first-order valence-corrected chi connectivity index (χ1v) is 19.5. The largest absolute Gasteiger partial charge is 0.393 e.